The van der Waals surface area contributed by atoms with E-state index in [2.05, 4.69) is 5.43 Å². The molecule has 0 saturated carbocycles. The quantitative estimate of drug-likeness (QED) is 0.733. The first-order valence-electron chi connectivity index (χ1n) is 4.36. The van der Waals surface area contributed by atoms with E-state index in [0.29, 0.717) is 5.75 Å². The van der Waals surface area contributed by atoms with Gasteiger partial charge in [0.2, 0.25) is 0 Å². The Morgan fingerprint density at radius 3 is 3.00 bits per heavy atom. The number of nitrogens with one attached hydrogen (secondary N) is 1. The lowest BCUT2D eigenvalue weighted by atomic mass is 10.2. The predicted octanol–water partition coefficient (Wildman–Crippen LogP) is 1.91. The van der Waals surface area contributed by atoms with Gasteiger partial charge in [-0.1, -0.05) is 12.1 Å². The molecular weight excluding hydrogens is 164 g/mol. The van der Waals surface area contributed by atoms with Crippen molar-refractivity contribution in [3.05, 3.63) is 30.5 Å². The summed E-state index contributed by atoms with van der Waals surface area (Å²) in [6.07, 6.45) is 1.91. The zero-order valence-electron chi connectivity index (χ0n) is 7.49. The van der Waals surface area contributed by atoms with Crippen molar-refractivity contribution in [2.24, 2.45) is 0 Å². The summed E-state index contributed by atoms with van der Waals surface area (Å²) < 4.78 is 1.84. The van der Waals surface area contributed by atoms with E-state index >= 15 is 0 Å². The zero-order chi connectivity index (χ0) is 9.26. The van der Waals surface area contributed by atoms with Gasteiger partial charge in [0, 0.05) is 18.1 Å². The van der Waals surface area contributed by atoms with Crippen molar-refractivity contribution < 1.29 is 5.11 Å². The maximum atomic E-state index is 9.61. The van der Waals surface area contributed by atoms with Crippen molar-refractivity contribution in [1.29, 1.82) is 0 Å². The number of aromatic nitrogens is 1. The molecule has 3 nitrogen and oxygen atoms in total. The molecule has 1 aromatic carbocycles. The molecule has 68 valence electrons. The molecular formula is C10H12N2O. The highest BCUT2D eigenvalue weighted by Crippen LogP contribution is 2.24. The summed E-state index contributed by atoms with van der Waals surface area (Å²) in [6, 6.07) is 7.48. The number of hydrogen-bond donors (Lipinski definition) is 2. The number of nitrogens with zero attached hydrogens (tertiary/aromatic N) is 1. The lowest BCUT2D eigenvalue weighted by Gasteiger charge is -2.06. The predicted molar refractivity (Wildman–Crippen MR) is 53.5 cm³/mol. The molecule has 0 bridgehead atoms. The fourth-order valence-electron chi connectivity index (χ4n) is 1.48. The molecule has 0 amide bonds. The number of rotatable bonds is 2. The molecule has 2 aromatic rings. The van der Waals surface area contributed by atoms with Gasteiger partial charge in [-0.05, 0) is 19.1 Å². The van der Waals surface area contributed by atoms with Crippen molar-refractivity contribution in [3.8, 4) is 5.75 Å². The van der Waals surface area contributed by atoms with Crippen LogP contribution in [0.15, 0.2) is 30.5 Å². The molecule has 0 radical (unpaired) electrons. The van der Waals surface area contributed by atoms with E-state index in [4.69, 9.17) is 0 Å². The van der Waals surface area contributed by atoms with E-state index in [9.17, 15) is 5.11 Å². The summed E-state index contributed by atoms with van der Waals surface area (Å²) in [4.78, 5) is 0. The van der Waals surface area contributed by atoms with Gasteiger partial charge in [0.05, 0.1) is 0 Å². The van der Waals surface area contributed by atoms with Gasteiger partial charge in [0.25, 0.3) is 0 Å². The minimum Gasteiger partial charge on any atom is -0.506 e. The van der Waals surface area contributed by atoms with E-state index in [-0.39, 0.29) is 0 Å². The summed E-state index contributed by atoms with van der Waals surface area (Å²) in [6.45, 7) is 2.85. The highest BCUT2D eigenvalue weighted by Gasteiger charge is 2.03. The van der Waals surface area contributed by atoms with Crippen LogP contribution >= 0.6 is 0 Å². The molecule has 0 aliphatic heterocycles. The largest absolute Gasteiger partial charge is 0.506 e. The van der Waals surface area contributed by atoms with Crippen LogP contribution in [0.4, 0.5) is 0 Å². The molecule has 0 atom stereocenters. The lowest BCUT2D eigenvalue weighted by Crippen LogP contribution is -2.11. The fraction of sp³-hybridized carbons (Fsp3) is 0.200. The van der Waals surface area contributed by atoms with Crippen LogP contribution in [-0.2, 0) is 0 Å². The third-order valence-corrected chi connectivity index (χ3v) is 2.02. The minimum atomic E-state index is 0.309. The van der Waals surface area contributed by atoms with Crippen LogP contribution in [0, 0.1) is 0 Å². The number of fused-ring (bicyclic) bond motifs is 1. The van der Waals surface area contributed by atoms with Crippen LogP contribution in [0.5, 0.6) is 5.75 Å². The van der Waals surface area contributed by atoms with Gasteiger partial charge in [-0.25, -0.2) is 0 Å². The highest BCUT2D eigenvalue weighted by atomic mass is 16.3. The smallest absolute Gasteiger partial charge is 0.141 e. The molecule has 0 aliphatic carbocycles. The number of phenolic OH excluding ortho intramolecular Hbond substituents is 1. The van der Waals surface area contributed by atoms with Crippen molar-refractivity contribution in [3.63, 3.8) is 0 Å². The summed E-state index contributed by atoms with van der Waals surface area (Å²) in [5.41, 5.74) is 3.97. The maximum Gasteiger partial charge on any atom is 0.141 e. The van der Waals surface area contributed by atoms with Gasteiger partial charge < -0.3 is 10.5 Å². The summed E-state index contributed by atoms with van der Waals surface area (Å²) in [5, 5.41) is 10.6. The van der Waals surface area contributed by atoms with Crippen LogP contribution in [-0.4, -0.2) is 16.3 Å². The molecule has 0 spiro atoms. The molecule has 0 unspecified atom stereocenters. The van der Waals surface area contributed by atoms with Crippen molar-refractivity contribution >= 4 is 10.9 Å². The van der Waals surface area contributed by atoms with E-state index < -0.39 is 0 Å². The normalized spacial score (nSPS) is 10.5. The van der Waals surface area contributed by atoms with Crippen LogP contribution in [0.3, 0.4) is 0 Å². The number of phenols is 1. The highest BCUT2D eigenvalue weighted by molar-refractivity contribution is 5.85. The Morgan fingerprint density at radius 1 is 1.38 bits per heavy atom. The monoisotopic (exact) mass is 176 g/mol. The Balaban J connectivity index is 2.64. The standard InChI is InChI=1S/C10H12N2O/c1-2-11-12-7-6-8-4-3-5-9(13)10(8)12/h3-7,11,13H,2H2,1H3. The Kier molecular flexibility index (Phi) is 1.85. The molecule has 2 rings (SSSR count). The molecule has 1 heterocycles. The summed E-state index contributed by atoms with van der Waals surface area (Å²) >= 11 is 0. The number of benzene rings is 1. The van der Waals surface area contributed by atoms with E-state index in [1.165, 1.54) is 0 Å². The van der Waals surface area contributed by atoms with Gasteiger partial charge in [-0.3, -0.25) is 4.68 Å². The molecule has 3 heteroatoms. The molecule has 0 saturated heterocycles. The third-order valence-electron chi connectivity index (χ3n) is 2.02. The molecule has 0 fully saturated rings. The first-order chi connectivity index (χ1) is 6.33. The fourth-order valence-corrected chi connectivity index (χ4v) is 1.48. The van der Waals surface area contributed by atoms with Gasteiger partial charge in [0.15, 0.2) is 0 Å². The van der Waals surface area contributed by atoms with Crippen LogP contribution < -0.4 is 5.43 Å². The topological polar surface area (TPSA) is 37.2 Å². The maximum absolute atomic E-state index is 9.61. The second kappa shape index (κ2) is 3.01. The second-order valence-corrected chi connectivity index (χ2v) is 2.91. The van der Waals surface area contributed by atoms with Crippen molar-refractivity contribution in [2.45, 2.75) is 6.92 Å². The number of para-hydroxylation sites is 1. The van der Waals surface area contributed by atoms with Crippen molar-refractivity contribution in [1.82, 2.24) is 4.68 Å². The SMILES string of the molecule is CCNn1ccc2cccc(O)c21. The molecule has 2 N–H and O–H groups in total. The first-order valence-corrected chi connectivity index (χ1v) is 4.36. The van der Waals surface area contributed by atoms with E-state index in [0.717, 1.165) is 17.4 Å². The number of aromatic hydroxyl groups is 1. The van der Waals surface area contributed by atoms with Crippen LogP contribution in [0.1, 0.15) is 6.92 Å². The average molecular weight is 176 g/mol. The zero-order valence-corrected chi connectivity index (χ0v) is 7.49. The van der Waals surface area contributed by atoms with Gasteiger partial charge in [0.1, 0.15) is 11.3 Å². The van der Waals surface area contributed by atoms with Crippen LogP contribution in [0.25, 0.3) is 10.9 Å². The Bertz CT molecular complexity index is 420. The Hall–Kier alpha value is -1.64. The Labute approximate surface area is 76.6 Å². The molecule has 13 heavy (non-hydrogen) atoms. The molecule has 1 aromatic heterocycles. The van der Waals surface area contributed by atoms with Gasteiger partial charge in [-0.15, -0.1) is 0 Å². The Morgan fingerprint density at radius 2 is 2.23 bits per heavy atom. The van der Waals surface area contributed by atoms with Crippen molar-refractivity contribution in [2.75, 3.05) is 12.0 Å². The average Bonchev–Trinajstić information content (AvgIpc) is 2.51. The summed E-state index contributed by atoms with van der Waals surface area (Å²) in [7, 11) is 0. The van der Waals surface area contributed by atoms with Crippen LogP contribution in [0.2, 0.25) is 0 Å². The lowest BCUT2D eigenvalue weighted by molar-refractivity contribution is 0.479. The van der Waals surface area contributed by atoms with Gasteiger partial charge in [-0.2, -0.15) is 0 Å². The number of hydrogen-bond acceptors (Lipinski definition) is 2. The van der Waals surface area contributed by atoms with E-state index in [1.54, 1.807) is 6.07 Å². The second-order valence-electron chi connectivity index (χ2n) is 2.91. The third kappa shape index (κ3) is 1.22. The molecule has 0 aliphatic rings. The van der Waals surface area contributed by atoms with Gasteiger partial charge >= 0.3 is 0 Å². The first kappa shape index (κ1) is 7.98. The summed E-state index contributed by atoms with van der Waals surface area (Å²) in [5.74, 6) is 0.309. The van der Waals surface area contributed by atoms with E-state index in [1.807, 2.05) is 36.0 Å². The minimum absolute atomic E-state index is 0.309.